The first kappa shape index (κ1) is 16.7. The Hall–Kier alpha value is -2.64. The lowest BCUT2D eigenvalue weighted by Gasteiger charge is -2.09. The highest BCUT2D eigenvalue weighted by molar-refractivity contribution is 6.03. The molecule has 0 aliphatic carbocycles. The van der Waals surface area contributed by atoms with Crippen LogP contribution in [0, 0.1) is 0 Å². The molecular weight excluding hydrogens is 309 g/mol. The molecule has 2 N–H and O–H groups in total. The fourth-order valence-corrected chi connectivity index (χ4v) is 1.77. The molecule has 1 heterocycles. The molecule has 0 spiro atoms. The van der Waals surface area contributed by atoms with E-state index >= 15 is 0 Å². The molecule has 23 heavy (non-hydrogen) atoms. The number of anilines is 2. The molecule has 0 fully saturated rings. The number of rotatable bonds is 4. The molecule has 0 aliphatic rings. The van der Waals surface area contributed by atoms with Crippen LogP contribution in [0.2, 0.25) is 0 Å². The van der Waals surface area contributed by atoms with Gasteiger partial charge in [0.05, 0.1) is 5.56 Å². The second kappa shape index (κ2) is 6.64. The van der Waals surface area contributed by atoms with Crippen LogP contribution in [0.15, 0.2) is 36.4 Å². The summed E-state index contributed by atoms with van der Waals surface area (Å²) in [6, 6.07) is 7.33. The fraction of sp³-hybridized carbons (Fsp3) is 0.267. The maximum Gasteiger partial charge on any atom is 0.416 e. The number of hydrogen-bond donors (Lipinski definition) is 2. The van der Waals surface area contributed by atoms with Gasteiger partial charge in [-0.1, -0.05) is 0 Å². The van der Waals surface area contributed by atoms with Crippen LogP contribution in [0.25, 0.3) is 0 Å². The molecular formula is C15H15F3N4O. The van der Waals surface area contributed by atoms with Crippen molar-refractivity contribution in [2.45, 2.75) is 26.1 Å². The van der Waals surface area contributed by atoms with Gasteiger partial charge in [-0.25, -0.2) is 0 Å². The number of carbonyl (C=O) groups is 1. The zero-order valence-electron chi connectivity index (χ0n) is 12.5. The Balaban J connectivity index is 2.04. The molecule has 0 unspecified atom stereocenters. The highest BCUT2D eigenvalue weighted by atomic mass is 19.4. The summed E-state index contributed by atoms with van der Waals surface area (Å²) < 4.78 is 37.4. The fourth-order valence-electron chi connectivity index (χ4n) is 1.77. The summed E-state index contributed by atoms with van der Waals surface area (Å²) in [5.41, 5.74) is -0.706. The molecule has 0 saturated heterocycles. The van der Waals surface area contributed by atoms with Crippen molar-refractivity contribution in [1.82, 2.24) is 10.2 Å². The Kier molecular flexibility index (Phi) is 4.83. The molecule has 0 bridgehead atoms. The lowest BCUT2D eigenvalue weighted by molar-refractivity contribution is -0.137. The second-order valence-corrected chi connectivity index (χ2v) is 5.13. The number of nitrogens with zero attached hydrogens (tertiary/aromatic N) is 2. The molecule has 0 saturated carbocycles. The quantitative estimate of drug-likeness (QED) is 0.902. The van der Waals surface area contributed by atoms with Crippen LogP contribution in [0.3, 0.4) is 0 Å². The van der Waals surface area contributed by atoms with Gasteiger partial charge in [-0.05, 0) is 50.2 Å². The minimum atomic E-state index is -4.43. The Morgan fingerprint density at radius 1 is 1.00 bits per heavy atom. The van der Waals surface area contributed by atoms with Crippen molar-refractivity contribution < 1.29 is 18.0 Å². The van der Waals surface area contributed by atoms with Crippen molar-refractivity contribution in [2.24, 2.45) is 0 Å². The average Bonchev–Trinajstić information content (AvgIpc) is 2.48. The standard InChI is InChI=1S/C15H15F3N4O/c1-9(2)19-12-7-8-13(22-21-12)20-14(23)10-3-5-11(6-4-10)15(16,17)18/h3-9H,1-2H3,(H,19,21)(H,20,22,23). The van der Waals surface area contributed by atoms with E-state index in [-0.39, 0.29) is 17.4 Å². The molecule has 8 heteroatoms. The van der Waals surface area contributed by atoms with E-state index in [1.807, 2.05) is 13.8 Å². The number of benzene rings is 1. The van der Waals surface area contributed by atoms with Gasteiger partial charge in [0.1, 0.15) is 5.82 Å². The first-order valence-electron chi connectivity index (χ1n) is 6.84. The molecule has 1 amide bonds. The third-order valence-electron chi connectivity index (χ3n) is 2.82. The second-order valence-electron chi connectivity index (χ2n) is 5.13. The maximum atomic E-state index is 12.5. The van der Waals surface area contributed by atoms with Gasteiger partial charge in [0, 0.05) is 11.6 Å². The smallest absolute Gasteiger partial charge is 0.366 e. The van der Waals surface area contributed by atoms with Crippen molar-refractivity contribution in [3.05, 3.63) is 47.5 Å². The van der Waals surface area contributed by atoms with E-state index in [4.69, 9.17) is 0 Å². The lowest BCUT2D eigenvalue weighted by atomic mass is 10.1. The average molecular weight is 324 g/mol. The minimum Gasteiger partial charge on any atom is -0.366 e. The number of hydrogen-bond acceptors (Lipinski definition) is 4. The summed E-state index contributed by atoms with van der Waals surface area (Å²) in [5.74, 6) is 0.217. The SMILES string of the molecule is CC(C)Nc1ccc(NC(=O)c2ccc(C(F)(F)F)cc2)nn1. The number of carbonyl (C=O) groups excluding carboxylic acids is 1. The summed E-state index contributed by atoms with van der Waals surface area (Å²) in [6.07, 6.45) is -4.43. The summed E-state index contributed by atoms with van der Waals surface area (Å²) in [7, 11) is 0. The third kappa shape index (κ3) is 4.67. The summed E-state index contributed by atoms with van der Waals surface area (Å²) in [4.78, 5) is 12.0. The summed E-state index contributed by atoms with van der Waals surface area (Å²) >= 11 is 0. The van der Waals surface area contributed by atoms with E-state index < -0.39 is 17.6 Å². The van der Waals surface area contributed by atoms with Crippen molar-refractivity contribution in [3.63, 3.8) is 0 Å². The predicted molar refractivity (Wildman–Crippen MR) is 80.2 cm³/mol. The van der Waals surface area contributed by atoms with Crippen LogP contribution in [0.4, 0.5) is 24.8 Å². The van der Waals surface area contributed by atoms with Crippen LogP contribution >= 0.6 is 0 Å². The van der Waals surface area contributed by atoms with Gasteiger partial charge in [-0.3, -0.25) is 4.79 Å². The van der Waals surface area contributed by atoms with E-state index in [0.717, 1.165) is 24.3 Å². The molecule has 0 aliphatic heterocycles. The Morgan fingerprint density at radius 3 is 2.04 bits per heavy atom. The zero-order chi connectivity index (χ0) is 17.0. The van der Waals surface area contributed by atoms with E-state index in [1.54, 1.807) is 12.1 Å². The van der Waals surface area contributed by atoms with E-state index in [9.17, 15) is 18.0 Å². The number of alkyl halides is 3. The number of amides is 1. The normalized spacial score (nSPS) is 11.4. The number of aromatic nitrogens is 2. The van der Waals surface area contributed by atoms with Crippen LogP contribution in [0.1, 0.15) is 29.8 Å². The Labute approximate surface area is 130 Å². The van der Waals surface area contributed by atoms with Crippen molar-refractivity contribution in [2.75, 3.05) is 10.6 Å². The van der Waals surface area contributed by atoms with Gasteiger partial charge >= 0.3 is 6.18 Å². The van der Waals surface area contributed by atoms with Gasteiger partial charge in [0.25, 0.3) is 5.91 Å². The molecule has 2 aromatic rings. The summed E-state index contributed by atoms with van der Waals surface area (Å²) in [5, 5.41) is 13.2. The highest BCUT2D eigenvalue weighted by Crippen LogP contribution is 2.29. The maximum absolute atomic E-state index is 12.5. The molecule has 1 aromatic heterocycles. The van der Waals surface area contributed by atoms with Gasteiger partial charge in [0.2, 0.25) is 0 Å². The topological polar surface area (TPSA) is 66.9 Å². The van der Waals surface area contributed by atoms with Crippen LogP contribution in [-0.2, 0) is 6.18 Å². The molecule has 122 valence electrons. The predicted octanol–water partition coefficient (Wildman–Crippen LogP) is 3.57. The van der Waals surface area contributed by atoms with Crippen molar-refractivity contribution in [1.29, 1.82) is 0 Å². The van der Waals surface area contributed by atoms with Crippen LogP contribution in [-0.4, -0.2) is 22.1 Å². The van der Waals surface area contributed by atoms with Crippen molar-refractivity contribution in [3.8, 4) is 0 Å². The van der Waals surface area contributed by atoms with E-state index in [1.165, 1.54) is 0 Å². The lowest BCUT2D eigenvalue weighted by Crippen LogP contribution is -2.15. The first-order valence-corrected chi connectivity index (χ1v) is 6.84. The number of halogens is 3. The highest BCUT2D eigenvalue weighted by Gasteiger charge is 2.30. The van der Waals surface area contributed by atoms with E-state index in [0.29, 0.717) is 5.82 Å². The number of nitrogens with one attached hydrogen (secondary N) is 2. The van der Waals surface area contributed by atoms with E-state index in [2.05, 4.69) is 20.8 Å². The summed E-state index contributed by atoms with van der Waals surface area (Å²) in [6.45, 7) is 3.89. The first-order chi connectivity index (χ1) is 10.8. The van der Waals surface area contributed by atoms with Crippen molar-refractivity contribution >= 4 is 17.5 Å². The molecule has 0 atom stereocenters. The van der Waals surface area contributed by atoms with Gasteiger partial charge in [-0.2, -0.15) is 13.2 Å². The van der Waals surface area contributed by atoms with Gasteiger partial charge in [-0.15, -0.1) is 10.2 Å². The molecule has 0 radical (unpaired) electrons. The van der Waals surface area contributed by atoms with Crippen LogP contribution in [0.5, 0.6) is 0 Å². The Morgan fingerprint density at radius 2 is 1.57 bits per heavy atom. The molecule has 5 nitrogen and oxygen atoms in total. The monoisotopic (exact) mass is 324 g/mol. The Bertz CT molecular complexity index is 667. The van der Waals surface area contributed by atoms with Gasteiger partial charge in [0.15, 0.2) is 5.82 Å². The molecule has 1 aromatic carbocycles. The third-order valence-corrected chi connectivity index (χ3v) is 2.82. The van der Waals surface area contributed by atoms with Gasteiger partial charge < -0.3 is 10.6 Å². The largest absolute Gasteiger partial charge is 0.416 e. The minimum absolute atomic E-state index is 0.101. The van der Waals surface area contributed by atoms with Crippen LogP contribution < -0.4 is 10.6 Å². The molecule has 2 rings (SSSR count). The zero-order valence-corrected chi connectivity index (χ0v) is 12.5.